The number of furan rings is 1. The molecule has 0 saturated carbocycles. The van der Waals surface area contributed by atoms with Crippen LogP contribution >= 0.6 is 0 Å². The van der Waals surface area contributed by atoms with Gasteiger partial charge in [-0.25, -0.2) is 12.8 Å². The summed E-state index contributed by atoms with van der Waals surface area (Å²) in [5, 5.41) is 0. The summed E-state index contributed by atoms with van der Waals surface area (Å²) in [6.45, 7) is 2.44. The topological polar surface area (TPSA) is 70.8 Å². The Morgan fingerprint density at radius 2 is 1.79 bits per heavy atom. The number of piperazine rings is 1. The second-order valence-electron chi connectivity index (χ2n) is 5.52. The highest BCUT2D eigenvalue weighted by molar-refractivity contribution is 7.89. The van der Waals surface area contributed by atoms with E-state index in [1.165, 1.54) is 28.8 Å². The Morgan fingerprint density at radius 1 is 1.12 bits per heavy atom. The number of hydrogen-bond donors (Lipinski definition) is 0. The van der Waals surface area contributed by atoms with E-state index in [0.29, 0.717) is 11.3 Å². The maximum Gasteiger partial charge on any atom is 0.257 e. The van der Waals surface area contributed by atoms with E-state index in [0.717, 1.165) is 6.07 Å². The number of carbonyl (C=O) groups excluding carboxylic acids is 1. The number of benzene rings is 1. The van der Waals surface area contributed by atoms with Gasteiger partial charge < -0.3 is 9.32 Å². The van der Waals surface area contributed by atoms with Gasteiger partial charge in [0.2, 0.25) is 10.0 Å². The van der Waals surface area contributed by atoms with Crippen molar-refractivity contribution in [3.8, 4) is 0 Å². The molecule has 0 atom stereocenters. The molecule has 0 spiro atoms. The molecule has 24 heavy (non-hydrogen) atoms. The number of sulfonamides is 1. The van der Waals surface area contributed by atoms with Crippen LogP contribution in [-0.4, -0.2) is 49.7 Å². The number of carbonyl (C=O) groups is 1. The number of halogens is 1. The summed E-state index contributed by atoms with van der Waals surface area (Å²) < 4.78 is 45.2. The second-order valence-corrected chi connectivity index (χ2v) is 7.42. The van der Waals surface area contributed by atoms with Crippen molar-refractivity contribution < 1.29 is 22.0 Å². The predicted octanol–water partition coefficient (Wildman–Crippen LogP) is 1.87. The summed E-state index contributed by atoms with van der Waals surface area (Å²) in [7, 11) is -3.90. The molecule has 2 heterocycles. The van der Waals surface area contributed by atoms with Crippen LogP contribution in [0.15, 0.2) is 45.9 Å². The van der Waals surface area contributed by atoms with Gasteiger partial charge in [-0.05, 0) is 25.1 Å². The van der Waals surface area contributed by atoms with Gasteiger partial charge in [0.15, 0.2) is 0 Å². The van der Waals surface area contributed by atoms with Crippen molar-refractivity contribution in [2.75, 3.05) is 26.2 Å². The van der Waals surface area contributed by atoms with Crippen LogP contribution in [0, 0.1) is 12.7 Å². The lowest BCUT2D eigenvalue weighted by Gasteiger charge is -2.34. The van der Waals surface area contributed by atoms with E-state index in [-0.39, 0.29) is 37.0 Å². The predicted molar refractivity (Wildman–Crippen MR) is 84.5 cm³/mol. The smallest absolute Gasteiger partial charge is 0.257 e. The van der Waals surface area contributed by atoms with Crippen LogP contribution in [0.25, 0.3) is 0 Å². The summed E-state index contributed by atoms with van der Waals surface area (Å²) in [5.41, 5.74) is 0.473. The Labute approximate surface area is 139 Å². The molecule has 0 bridgehead atoms. The van der Waals surface area contributed by atoms with Crippen LogP contribution < -0.4 is 0 Å². The van der Waals surface area contributed by atoms with Gasteiger partial charge in [-0.2, -0.15) is 4.31 Å². The molecular weight excluding hydrogens is 335 g/mol. The molecule has 3 rings (SSSR count). The van der Waals surface area contributed by atoms with Crippen molar-refractivity contribution in [3.63, 3.8) is 0 Å². The first-order valence-corrected chi connectivity index (χ1v) is 8.93. The average molecular weight is 352 g/mol. The molecule has 1 saturated heterocycles. The van der Waals surface area contributed by atoms with E-state index in [2.05, 4.69) is 0 Å². The molecule has 1 aliphatic rings. The van der Waals surface area contributed by atoms with E-state index >= 15 is 0 Å². The molecule has 2 aromatic rings. The third-order valence-electron chi connectivity index (χ3n) is 4.07. The molecule has 1 fully saturated rings. The van der Waals surface area contributed by atoms with Gasteiger partial charge in [0.05, 0.1) is 11.8 Å². The number of aryl methyl sites for hydroxylation is 1. The minimum absolute atomic E-state index is 0.124. The Balaban J connectivity index is 1.72. The highest BCUT2D eigenvalue weighted by Gasteiger charge is 2.32. The minimum Gasteiger partial charge on any atom is -0.469 e. The van der Waals surface area contributed by atoms with E-state index < -0.39 is 15.8 Å². The molecular formula is C16H17FN2O4S. The molecule has 1 aromatic heterocycles. The minimum atomic E-state index is -3.90. The van der Waals surface area contributed by atoms with Crippen molar-refractivity contribution in [3.05, 3.63) is 53.7 Å². The molecule has 8 heteroatoms. The van der Waals surface area contributed by atoms with Crippen LogP contribution in [0.2, 0.25) is 0 Å². The lowest BCUT2D eigenvalue weighted by molar-refractivity contribution is 0.0696. The lowest BCUT2D eigenvalue weighted by atomic mass is 10.2. The van der Waals surface area contributed by atoms with Crippen molar-refractivity contribution in [1.29, 1.82) is 0 Å². The highest BCUT2D eigenvalue weighted by atomic mass is 32.2. The number of nitrogens with zero attached hydrogens (tertiary/aromatic N) is 2. The van der Waals surface area contributed by atoms with E-state index in [9.17, 15) is 17.6 Å². The third-order valence-corrected chi connectivity index (χ3v) is 6.00. The maximum absolute atomic E-state index is 13.8. The molecule has 0 aliphatic carbocycles. The molecule has 0 N–H and O–H groups in total. The Hall–Kier alpha value is -2.19. The first kappa shape index (κ1) is 16.7. The standard InChI is InChI=1S/C16H17FN2O4S/c1-12-13(6-11-23-12)16(20)18-7-9-19(10-8-18)24(21,22)15-5-3-2-4-14(15)17/h2-6,11H,7-10H2,1H3. The monoisotopic (exact) mass is 352 g/mol. The van der Waals surface area contributed by atoms with Crippen molar-refractivity contribution in [1.82, 2.24) is 9.21 Å². The fourth-order valence-electron chi connectivity index (χ4n) is 2.70. The van der Waals surface area contributed by atoms with Gasteiger partial charge in [-0.15, -0.1) is 0 Å². The Morgan fingerprint density at radius 3 is 2.38 bits per heavy atom. The fourth-order valence-corrected chi connectivity index (χ4v) is 4.19. The normalized spacial score (nSPS) is 16.3. The molecule has 6 nitrogen and oxygen atoms in total. The van der Waals surface area contributed by atoms with Gasteiger partial charge in [0.25, 0.3) is 5.91 Å². The summed E-state index contributed by atoms with van der Waals surface area (Å²) in [6.07, 6.45) is 1.45. The van der Waals surface area contributed by atoms with Gasteiger partial charge in [0.1, 0.15) is 16.5 Å². The quantitative estimate of drug-likeness (QED) is 0.846. The van der Waals surface area contributed by atoms with Crippen LogP contribution in [0.5, 0.6) is 0 Å². The summed E-state index contributed by atoms with van der Waals surface area (Å²) in [4.78, 5) is 13.6. The van der Waals surface area contributed by atoms with Crippen LogP contribution in [0.3, 0.4) is 0 Å². The highest BCUT2D eigenvalue weighted by Crippen LogP contribution is 2.21. The second kappa shape index (κ2) is 6.37. The molecule has 1 aromatic carbocycles. The van der Waals surface area contributed by atoms with Gasteiger partial charge in [-0.1, -0.05) is 12.1 Å². The Bertz CT molecular complexity index is 854. The zero-order chi connectivity index (χ0) is 17.3. The fraction of sp³-hybridized carbons (Fsp3) is 0.312. The number of hydrogen-bond acceptors (Lipinski definition) is 4. The van der Waals surface area contributed by atoms with Crippen molar-refractivity contribution in [2.45, 2.75) is 11.8 Å². The molecule has 0 unspecified atom stereocenters. The summed E-state index contributed by atoms with van der Waals surface area (Å²) in [5.74, 6) is -0.435. The third kappa shape index (κ3) is 2.94. The Kier molecular flexibility index (Phi) is 4.42. The van der Waals surface area contributed by atoms with Gasteiger partial charge in [0, 0.05) is 26.2 Å². The van der Waals surface area contributed by atoms with Crippen LogP contribution in [0.4, 0.5) is 4.39 Å². The van der Waals surface area contributed by atoms with E-state index in [1.807, 2.05) is 0 Å². The zero-order valence-electron chi connectivity index (χ0n) is 13.1. The first-order valence-electron chi connectivity index (χ1n) is 7.49. The molecule has 1 aliphatic heterocycles. The SMILES string of the molecule is Cc1occc1C(=O)N1CCN(S(=O)(=O)c2ccccc2F)CC1. The largest absolute Gasteiger partial charge is 0.469 e. The molecule has 128 valence electrons. The number of rotatable bonds is 3. The lowest BCUT2D eigenvalue weighted by Crippen LogP contribution is -2.50. The van der Waals surface area contributed by atoms with Crippen molar-refractivity contribution >= 4 is 15.9 Å². The van der Waals surface area contributed by atoms with E-state index in [1.54, 1.807) is 17.9 Å². The van der Waals surface area contributed by atoms with Gasteiger partial charge >= 0.3 is 0 Å². The molecule has 0 radical (unpaired) electrons. The van der Waals surface area contributed by atoms with Crippen molar-refractivity contribution in [2.24, 2.45) is 0 Å². The van der Waals surface area contributed by atoms with Crippen LogP contribution in [0.1, 0.15) is 16.1 Å². The van der Waals surface area contributed by atoms with E-state index in [4.69, 9.17) is 4.42 Å². The van der Waals surface area contributed by atoms with Gasteiger partial charge in [-0.3, -0.25) is 4.79 Å². The zero-order valence-corrected chi connectivity index (χ0v) is 13.9. The van der Waals surface area contributed by atoms with Crippen LogP contribution in [-0.2, 0) is 10.0 Å². The average Bonchev–Trinajstić information content (AvgIpc) is 3.00. The summed E-state index contributed by atoms with van der Waals surface area (Å²) in [6, 6.07) is 6.89. The summed E-state index contributed by atoms with van der Waals surface area (Å²) >= 11 is 0. The maximum atomic E-state index is 13.8. The first-order chi connectivity index (χ1) is 11.4. The number of amides is 1. The molecule has 1 amide bonds.